The van der Waals surface area contributed by atoms with Crippen molar-refractivity contribution in [2.45, 2.75) is 32.2 Å². The molecule has 0 bridgehead atoms. The number of benzene rings is 1. The number of nitrogen functional groups attached to an aromatic ring is 1. The van der Waals surface area contributed by atoms with Gasteiger partial charge in [0.05, 0.1) is 5.56 Å². The second-order valence-corrected chi connectivity index (χ2v) is 5.23. The number of rotatable bonds is 6. The van der Waals surface area contributed by atoms with E-state index in [0.29, 0.717) is 17.9 Å². The summed E-state index contributed by atoms with van der Waals surface area (Å²) in [5, 5.41) is 3.06. The van der Waals surface area contributed by atoms with Crippen LogP contribution in [0.3, 0.4) is 0 Å². The third-order valence-corrected chi connectivity index (χ3v) is 3.67. The lowest BCUT2D eigenvalue weighted by atomic mass is 9.94. The van der Waals surface area contributed by atoms with Crippen LogP contribution in [-0.4, -0.2) is 24.0 Å². The minimum atomic E-state index is -0.724. The molecule has 1 amide bonds. The van der Waals surface area contributed by atoms with E-state index in [0.717, 1.165) is 0 Å². The minimum absolute atomic E-state index is 0.120. The molecule has 0 aliphatic rings. The molecule has 0 heterocycles. The fourth-order valence-corrected chi connectivity index (χ4v) is 2.06. The van der Waals surface area contributed by atoms with Crippen molar-refractivity contribution >= 4 is 29.2 Å². The minimum Gasteiger partial charge on any atom is -0.452 e. The Bertz CT molecular complexity index is 604. The summed E-state index contributed by atoms with van der Waals surface area (Å²) in [5.74, 6) is 1.40. The average molecular weight is 323 g/mol. The maximum absolute atomic E-state index is 11.9. The molecule has 0 atom stereocenters. The summed E-state index contributed by atoms with van der Waals surface area (Å²) in [6, 6.07) is 4.45. The van der Waals surface area contributed by atoms with Gasteiger partial charge in [-0.3, -0.25) is 4.79 Å². The molecule has 118 valence electrons. The van der Waals surface area contributed by atoms with Crippen LogP contribution in [-0.2, 0) is 9.53 Å². The predicted octanol–water partition coefficient (Wildman–Crippen LogP) is 2.39. The van der Waals surface area contributed by atoms with E-state index in [4.69, 9.17) is 28.5 Å². The molecule has 0 aromatic heterocycles. The quantitative estimate of drug-likeness (QED) is 0.478. The van der Waals surface area contributed by atoms with E-state index in [9.17, 15) is 9.59 Å². The van der Waals surface area contributed by atoms with Gasteiger partial charge in [-0.15, -0.1) is 6.42 Å². The lowest BCUT2D eigenvalue weighted by molar-refractivity contribution is -0.125. The monoisotopic (exact) mass is 322 g/mol. The molecule has 1 rings (SSSR count). The van der Waals surface area contributed by atoms with E-state index < -0.39 is 24.0 Å². The molecular formula is C16H19ClN2O3. The van der Waals surface area contributed by atoms with Crippen LogP contribution in [0.5, 0.6) is 0 Å². The number of carbonyl (C=O) groups excluding carboxylic acids is 2. The number of amides is 1. The number of esters is 1. The Morgan fingerprint density at radius 1 is 1.41 bits per heavy atom. The Hall–Kier alpha value is -2.19. The molecule has 0 saturated carbocycles. The van der Waals surface area contributed by atoms with Gasteiger partial charge in [-0.05, 0) is 31.0 Å². The summed E-state index contributed by atoms with van der Waals surface area (Å²) < 4.78 is 4.95. The number of hydrogen-bond donors (Lipinski definition) is 2. The maximum Gasteiger partial charge on any atom is 0.340 e. The van der Waals surface area contributed by atoms with Crippen molar-refractivity contribution < 1.29 is 14.3 Å². The first kappa shape index (κ1) is 17.9. The molecule has 22 heavy (non-hydrogen) atoms. The Morgan fingerprint density at radius 3 is 2.59 bits per heavy atom. The molecule has 1 aromatic rings. The van der Waals surface area contributed by atoms with Crippen molar-refractivity contribution in [2.24, 2.45) is 0 Å². The van der Waals surface area contributed by atoms with Gasteiger partial charge in [0.2, 0.25) is 0 Å². The van der Waals surface area contributed by atoms with Gasteiger partial charge in [-0.2, -0.15) is 0 Å². The van der Waals surface area contributed by atoms with Crippen LogP contribution in [0.25, 0.3) is 0 Å². The van der Waals surface area contributed by atoms with Crippen LogP contribution in [0.1, 0.15) is 37.0 Å². The molecule has 5 nitrogen and oxygen atoms in total. The van der Waals surface area contributed by atoms with Gasteiger partial charge in [0.15, 0.2) is 6.61 Å². The van der Waals surface area contributed by atoms with E-state index in [-0.39, 0.29) is 11.3 Å². The molecule has 3 N–H and O–H groups in total. The number of nitrogens with two attached hydrogens (primary N) is 1. The van der Waals surface area contributed by atoms with Gasteiger partial charge in [0, 0.05) is 10.7 Å². The number of hydrogen-bond acceptors (Lipinski definition) is 4. The zero-order valence-corrected chi connectivity index (χ0v) is 13.4. The van der Waals surface area contributed by atoms with Gasteiger partial charge in [0.1, 0.15) is 5.54 Å². The smallest absolute Gasteiger partial charge is 0.340 e. The highest BCUT2D eigenvalue weighted by atomic mass is 35.5. The molecular weight excluding hydrogens is 304 g/mol. The van der Waals surface area contributed by atoms with Gasteiger partial charge < -0.3 is 15.8 Å². The van der Waals surface area contributed by atoms with Crippen LogP contribution in [0.2, 0.25) is 5.02 Å². The van der Waals surface area contributed by atoms with Crippen molar-refractivity contribution in [2.75, 3.05) is 12.3 Å². The zero-order valence-electron chi connectivity index (χ0n) is 12.6. The highest BCUT2D eigenvalue weighted by Crippen LogP contribution is 2.19. The van der Waals surface area contributed by atoms with E-state index >= 15 is 0 Å². The number of anilines is 1. The molecule has 1 aromatic carbocycles. The van der Waals surface area contributed by atoms with E-state index in [1.54, 1.807) is 6.07 Å². The van der Waals surface area contributed by atoms with Crippen LogP contribution in [0.4, 0.5) is 5.69 Å². The Labute approximate surface area is 135 Å². The first-order chi connectivity index (χ1) is 10.4. The summed E-state index contributed by atoms with van der Waals surface area (Å²) in [4.78, 5) is 23.8. The van der Waals surface area contributed by atoms with Crippen LogP contribution >= 0.6 is 11.6 Å². The van der Waals surface area contributed by atoms with Gasteiger partial charge in [-0.1, -0.05) is 31.4 Å². The average Bonchev–Trinajstić information content (AvgIpc) is 2.52. The summed E-state index contributed by atoms with van der Waals surface area (Å²) >= 11 is 5.80. The van der Waals surface area contributed by atoms with Crippen molar-refractivity contribution in [3.63, 3.8) is 0 Å². The van der Waals surface area contributed by atoms with Crippen LogP contribution in [0, 0.1) is 12.3 Å². The number of ether oxygens (including phenoxy) is 1. The largest absolute Gasteiger partial charge is 0.452 e. The zero-order chi connectivity index (χ0) is 16.8. The first-order valence-electron chi connectivity index (χ1n) is 6.88. The number of nitrogens with one attached hydrogen (secondary N) is 1. The fourth-order valence-electron chi connectivity index (χ4n) is 1.88. The molecule has 6 heteroatoms. The Kier molecular flexibility index (Phi) is 6.26. The summed E-state index contributed by atoms with van der Waals surface area (Å²) in [7, 11) is 0. The van der Waals surface area contributed by atoms with Crippen molar-refractivity contribution in [1.82, 2.24) is 5.32 Å². The van der Waals surface area contributed by atoms with Crippen molar-refractivity contribution in [1.29, 1.82) is 0 Å². The Morgan fingerprint density at radius 2 is 2.05 bits per heavy atom. The molecule has 0 radical (unpaired) electrons. The van der Waals surface area contributed by atoms with E-state index in [1.165, 1.54) is 12.1 Å². The highest BCUT2D eigenvalue weighted by molar-refractivity contribution is 6.31. The molecule has 0 aliphatic carbocycles. The maximum atomic E-state index is 11.9. The summed E-state index contributed by atoms with van der Waals surface area (Å²) in [6.45, 7) is 3.32. The number of terminal acetylenes is 1. The van der Waals surface area contributed by atoms with E-state index in [2.05, 4.69) is 11.2 Å². The molecule has 0 aliphatic heterocycles. The van der Waals surface area contributed by atoms with Crippen molar-refractivity contribution in [3.05, 3.63) is 28.8 Å². The Balaban J connectivity index is 2.66. The third kappa shape index (κ3) is 4.40. The normalized spacial score (nSPS) is 10.6. The molecule has 0 fully saturated rings. The summed E-state index contributed by atoms with van der Waals surface area (Å²) in [6.07, 6.45) is 6.63. The van der Waals surface area contributed by atoms with Gasteiger partial charge in [-0.25, -0.2) is 4.79 Å². The molecule has 0 spiro atoms. The molecule has 0 unspecified atom stereocenters. The van der Waals surface area contributed by atoms with Crippen LogP contribution < -0.4 is 11.1 Å². The second-order valence-electron chi connectivity index (χ2n) is 4.79. The number of halogens is 1. The topological polar surface area (TPSA) is 81.4 Å². The lowest BCUT2D eigenvalue weighted by Gasteiger charge is -2.26. The first-order valence-corrected chi connectivity index (χ1v) is 7.26. The predicted molar refractivity (Wildman–Crippen MR) is 86.4 cm³/mol. The number of carbonyl (C=O) groups is 2. The standard InChI is InChI=1S/C16H19ClN2O3/c1-4-16(5-2,6-3)19-14(20)10-22-15(21)12-9-11(17)7-8-13(12)18/h1,7-9H,5-6,10,18H2,2-3H3,(H,19,20). The lowest BCUT2D eigenvalue weighted by Crippen LogP contribution is -2.48. The summed E-state index contributed by atoms with van der Waals surface area (Å²) in [5.41, 5.74) is 5.30. The third-order valence-electron chi connectivity index (χ3n) is 3.43. The van der Waals surface area contributed by atoms with Gasteiger partial charge >= 0.3 is 5.97 Å². The highest BCUT2D eigenvalue weighted by Gasteiger charge is 2.25. The van der Waals surface area contributed by atoms with E-state index in [1.807, 2.05) is 13.8 Å². The molecule has 0 saturated heterocycles. The second kappa shape index (κ2) is 7.71. The fraction of sp³-hybridized carbons (Fsp3) is 0.375. The van der Waals surface area contributed by atoms with Gasteiger partial charge in [0.25, 0.3) is 5.91 Å². The SMILES string of the molecule is C#CC(CC)(CC)NC(=O)COC(=O)c1cc(Cl)ccc1N. The van der Waals surface area contributed by atoms with Crippen LogP contribution in [0.15, 0.2) is 18.2 Å². The van der Waals surface area contributed by atoms with Crippen molar-refractivity contribution in [3.8, 4) is 12.3 Å².